The first-order chi connectivity index (χ1) is 9.54. The number of ether oxygens (including phenoxy) is 1. The molecule has 0 saturated carbocycles. The van der Waals surface area contributed by atoms with Crippen molar-refractivity contribution >= 4 is 32.7 Å². The van der Waals surface area contributed by atoms with Crippen molar-refractivity contribution in [3.63, 3.8) is 0 Å². The van der Waals surface area contributed by atoms with Gasteiger partial charge in [-0.05, 0) is 64.6 Å². The Labute approximate surface area is 131 Å². The Hall–Kier alpha value is -1.28. The number of hydrogen-bond acceptors (Lipinski definition) is 4. The van der Waals surface area contributed by atoms with Crippen LogP contribution in [0.3, 0.4) is 0 Å². The minimum absolute atomic E-state index is 0.153. The summed E-state index contributed by atoms with van der Waals surface area (Å²) in [4.78, 5) is 0.153. The SMILES string of the molecule is O=S(=O)(Oc1cccc(I)c1)c1ccc2c(c1)CCO2. The van der Waals surface area contributed by atoms with E-state index in [2.05, 4.69) is 22.6 Å². The van der Waals surface area contributed by atoms with Gasteiger partial charge in [-0.1, -0.05) is 6.07 Å². The number of hydrogen-bond donors (Lipinski definition) is 0. The fraction of sp³-hybridized carbons (Fsp3) is 0.143. The lowest BCUT2D eigenvalue weighted by molar-refractivity contribution is 0.356. The molecule has 0 N–H and O–H groups in total. The molecule has 2 aromatic carbocycles. The molecule has 0 spiro atoms. The third-order valence-electron chi connectivity index (χ3n) is 2.95. The first-order valence-electron chi connectivity index (χ1n) is 6.00. The lowest BCUT2D eigenvalue weighted by Gasteiger charge is -2.08. The molecule has 6 heteroatoms. The zero-order valence-corrected chi connectivity index (χ0v) is 13.3. The Morgan fingerprint density at radius 2 is 2.00 bits per heavy atom. The second-order valence-corrected chi connectivity index (χ2v) is 7.15. The Kier molecular flexibility index (Phi) is 3.59. The van der Waals surface area contributed by atoms with E-state index in [-0.39, 0.29) is 4.90 Å². The average Bonchev–Trinajstić information content (AvgIpc) is 2.85. The largest absolute Gasteiger partial charge is 0.493 e. The molecule has 0 amide bonds. The van der Waals surface area contributed by atoms with Gasteiger partial charge in [0.15, 0.2) is 0 Å². The van der Waals surface area contributed by atoms with Gasteiger partial charge in [0, 0.05) is 9.99 Å². The quantitative estimate of drug-likeness (QED) is 0.585. The summed E-state index contributed by atoms with van der Waals surface area (Å²) in [5.41, 5.74) is 0.900. The van der Waals surface area contributed by atoms with Crippen molar-refractivity contribution in [2.75, 3.05) is 6.61 Å². The van der Waals surface area contributed by atoms with Crippen molar-refractivity contribution in [2.24, 2.45) is 0 Å². The number of benzene rings is 2. The minimum atomic E-state index is -3.81. The van der Waals surface area contributed by atoms with Crippen molar-refractivity contribution in [3.05, 3.63) is 51.6 Å². The molecule has 0 fully saturated rings. The van der Waals surface area contributed by atoms with Crippen LogP contribution < -0.4 is 8.92 Å². The topological polar surface area (TPSA) is 52.6 Å². The van der Waals surface area contributed by atoms with Crippen molar-refractivity contribution < 1.29 is 17.3 Å². The number of halogens is 1. The predicted molar refractivity (Wildman–Crippen MR) is 82.6 cm³/mol. The van der Waals surface area contributed by atoms with Crippen LogP contribution in [0.5, 0.6) is 11.5 Å². The molecule has 0 radical (unpaired) electrons. The maximum atomic E-state index is 12.2. The highest BCUT2D eigenvalue weighted by molar-refractivity contribution is 14.1. The molecular weight excluding hydrogens is 391 g/mol. The number of fused-ring (bicyclic) bond motifs is 1. The molecule has 0 atom stereocenters. The van der Waals surface area contributed by atoms with Crippen LogP contribution in [-0.4, -0.2) is 15.0 Å². The highest BCUT2D eigenvalue weighted by Gasteiger charge is 2.21. The fourth-order valence-electron chi connectivity index (χ4n) is 2.01. The average molecular weight is 402 g/mol. The Morgan fingerprint density at radius 3 is 2.80 bits per heavy atom. The lowest BCUT2D eigenvalue weighted by atomic mass is 10.2. The second kappa shape index (κ2) is 5.25. The number of rotatable bonds is 3. The van der Waals surface area contributed by atoms with Gasteiger partial charge in [0.2, 0.25) is 0 Å². The van der Waals surface area contributed by atoms with Gasteiger partial charge in [-0.2, -0.15) is 8.42 Å². The van der Waals surface area contributed by atoms with Crippen molar-refractivity contribution in [2.45, 2.75) is 11.3 Å². The van der Waals surface area contributed by atoms with Crippen LogP contribution >= 0.6 is 22.6 Å². The first kappa shape index (κ1) is 13.7. The molecule has 0 saturated heterocycles. The minimum Gasteiger partial charge on any atom is -0.493 e. The van der Waals surface area contributed by atoms with Gasteiger partial charge in [0.05, 0.1) is 6.61 Å². The molecule has 0 bridgehead atoms. The van der Waals surface area contributed by atoms with Gasteiger partial charge in [-0.25, -0.2) is 0 Å². The summed E-state index contributed by atoms with van der Waals surface area (Å²) >= 11 is 2.10. The van der Waals surface area contributed by atoms with E-state index in [1.807, 2.05) is 6.07 Å². The Morgan fingerprint density at radius 1 is 1.15 bits per heavy atom. The van der Waals surface area contributed by atoms with E-state index in [9.17, 15) is 8.42 Å². The Balaban J connectivity index is 1.92. The fourth-order valence-corrected chi connectivity index (χ4v) is 3.50. The zero-order valence-electron chi connectivity index (χ0n) is 10.4. The van der Waals surface area contributed by atoms with Gasteiger partial charge in [0.25, 0.3) is 0 Å². The zero-order chi connectivity index (χ0) is 14.2. The van der Waals surface area contributed by atoms with Crippen molar-refractivity contribution in [1.29, 1.82) is 0 Å². The molecule has 20 heavy (non-hydrogen) atoms. The van der Waals surface area contributed by atoms with Crippen LogP contribution in [0.4, 0.5) is 0 Å². The molecule has 2 aromatic rings. The van der Waals surface area contributed by atoms with E-state index in [0.29, 0.717) is 12.4 Å². The molecule has 3 rings (SSSR count). The Bertz CT molecular complexity index is 756. The summed E-state index contributed by atoms with van der Waals surface area (Å²) in [6, 6.07) is 11.7. The smallest absolute Gasteiger partial charge is 0.339 e. The molecule has 1 aliphatic heterocycles. The molecule has 1 aliphatic rings. The summed E-state index contributed by atoms with van der Waals surface area (Å²) in [6.07, 6.45) is 0.724. The molecule has 0 unspecified atom stereocenters. The van der Waals surface area contributed by atoms with Crippen molar-refractivity contribution in [3.8, 4) is 11.5 Å². The maximum absolute atomic E-state index is 12.2. The van der Waals surface area contributed by atoms with Crippen LogP contribution in [-0.2, 0) is 16.5 Å². The van der Waals surface area contributed by atoms with Crippen LogP contribution in [0.15, 0.2) is 47.4 Å². The third-order valence-corrected chi connectivity index (χ3v) is 4.87. The third kappa shape index (κ3) is 2.76. The van der Waals surface area contributed by atoms with Crippen LogP contribution in [0, 0.1) is 3.57 Å². The molecular formula is C14H11IO4S. The summed E-state index contributed by atoms with van der Waals surface area (Å²) in [5, 5.41) is 0. The predicted octanol–water partition coefficient (Wildman–Crippen LogP) is 2.99. The maximum Gasteiger partial charge on any atom is 0.339 e. The summed E-state index contributed by atoms with van der Waals surface area (Å²) in [6.45, 7) is 0.594. The van der Waals surface area contributed by atoms with Gasteiger partial charge in [0.1, 0.15) is 16.4 Å². The monoisotopic (exact) mass is 402 g/mol. The lowest BCUT2D eigenvalue weighted by Crippen LogP contribution is -2.10. The normalized spacial score (nSPS) is 13.7. The van der Waals surface area contributed by atoms with Gasteiger partial charge in [-0.3, -0.25) is 0 Å². The highest BCUT2D eigenvalue weighted by atomic mass is 127. The van der Waals surface area contributed by atoms with Crippen LogP contribution in [0.1, 0.15) is 5.56 Å². The van der Waals surface area contributed by atoms with Gasteiger partial charge in [-0.15, -0.1) is 0 Å². The van der Waals surface area contributed by atoms with E-state index < -0.39 is 10.1 Å². The van der Waals surface area contributed by atoms with Gasteiger partial charge < -0.3 is 8.92 Å². The van der Waals surface area contributed by atoms with Crippen molar-refractivity contribution in [1.82, 2.24) is 0 Å². The standard InChI is InChI=1S/C14H11IO4S/c15-11-2-1-3-12(9-11)19-20(16,17)13-4-5-14-10(8-13)6-7-18-14/h1-5,8-9H,6-7H2. The summed E-state index contributed by atoms with van der Waals surface area (Å²) < 4.78 is 35.9. The van der Waals surface area contributed by atoms with Crippen LogP contribution in [0.2, 0.25) is 0 Å². The molecule has 0 aromatic heterocycles. The van der Waals surface area contributed by atoms with Crippen LogP contribution in [0.25, 0.3) is 0 Å². The van der Waals surface area contributed by atoms with E-state index in [1.165, 1.54) is 6.07 Å². The van der Waals surface area contributed by atoms with E-state index in [0.717, 1.165) is 21.3 Å². The molecule has 0 aliphatic carbocycles. The van der Waals surface area contributed by atoms with E-state index in [4.69, 9.17) is 8.92 Å². The molecule has 104 valence electrons. The second-order valence-electron chi connectivity index (χ2n) is 4.36. The van der Waals surface area contributed by atoms with Gasteiger partial charge >= 0.3 is 10.1 Å². The summed E-state index contributed by atoms with van der Waals surface area (Å²) in [5.74, 6) is 1.06. The first-order valence-corrected chi connectivity index (χ1v) is 8.49. The highest BCUT2D eigenvalue weighted by Crippen LogP contribution is 2.29. The molecule has 4 nitrogen and oxygen atoms in total. The van der Waals surface area contributed by atoms with E-state index >= 15 is 0 Å². The van der Waals surface area contributed by atoms with E-state index in [1.54, 1.807) is 30.3 Å². The summed E-state index contributed by atoms with van der Waals surface area (Å²) in [7, 11) is -3.81. The molecule has 1 heterocycles.